The van der Waals surface area contributed by atoms with Crippen molar-refractivity contribution in [2.24, 2.45) is 5.41 Å². The highest BCUT2D eigenvalue weighted by molar-refractivity contribution is 7.80. The molecule has 0 bridgehead atoms. The Kier molecular flexibility index (Phi) is 8.52. The third-order valence-electron chi connectivity index (χ3n) is 3.10. The van der Waals surface area contributed by atoms with Crippen molar-refractivity contribution in [3.8, 4) is 0 Å². The van der Waals surface area contributed by atoms with Gasteiger partial charge in [-0.15, -0.1) is 0 Å². The summed E-state index contributed by atoms with van der Waals surface area (Å²) in [6.45, 7) is 12.0. The molecule has 0 atom stereocenters. The van der Waals surface area contributed by atoms with Crippen molar-refractivity contribution in [1.82, 2.24) is 4.90 Å². The molecule has 2 nitrogen and oxygen atoms in total. The Morgan fingerprint density at radius 2 is 1.81 bits per heavy atom. The van der Waals surface area contributed by atoms with Gasteiger partial charge in [-0.25, -0.2) is 0 Å². The van der Waals surface area contributed by atoms with Crippen LogP contribution in [0.4, 0.5) is 0 Å². The van der Waals surface area contributed by atoms with Gasteiger partial charge in [-0.2, -0.15) is 12.6 Å². The van der Waals surface area contributed by atoms with E-state index < -0.39 is 0 Å². The number of ether oxygens (including phenoxy) is 1. The Balaban J connectivity index is 4.40. The van der Waals surface area contributed by atoms with Crippen molar-refractivity contribution in [3.63, 3.8) is 0 Å². The summed E-state index contributed by atoms with van der Waals surface area (Å²) in [6.07, 6.45) is 2.42. The first-order chi connectivity index (χ1) is 7.50. The van der Waals surface area contributed by atoms with Gasteiger partial charge in [0.2, 0.25) is 0 Å². The number of methoxy groups -OCH3 is 1. The molecule has 0 radical (unpaired) electrons. The number of hydrogen-bond acceptors (Lipinski definition) is 3. The Bertz CT molecular complexity index is 169. The minimum Gasteiger partial charge on any atom is -0.383 e. The summed E-state index contributed by atoms with van der Waals surface area (Å²) in [5, 5.41) is 0. The van der Waals surface area contributed by atoms with Crippen LogP contribution >= 0.6 is 12.6 Å². The fourth-order valence-electron chi connectivity index (χ4n) is 2.00. The minimum absolute atomic E-state index is 0.277. The van der Waals surface area contributed by atoms with E-state index >= 15 is 0 Å². The van der Waals surface area contributed by atoms with Gasteiger partial charge in [0, 0.05) is 26.2 Å². The fraction of sp³-hybridized carbons (Fsp3) is 1.00. The summed E-state index contributed by atoms with van der Waals surface area (Å²) in [6, 6.07) is 0.675. The highest BCUT2D eigenvalue weighted by Crippen LogP contribution is 2.21. The zero-order valence-electron chi connectivity index (χ0n) is 11.6. The SMILES string of the molecule is CCC(CC)N(CCOC)CC(C)(C)CS. The predicted octanol–water partition coefficient (Wildman–Crippen LogP) is 3.08. The Hall–Kier alpha value is 0.270. The molecule has 0 N–H and O–H groups in total. The van der Waals surface area contributed by atoms with Gasteiger partial charge in [-0.1, -0.05) is 27.7 Å². The van der Waals surface area contributed by atoms with Crippen LogP contribution in [0.5, 0.6) is 0 Å². The van der Waals surface area contributed by atoms with E-state index in [-0.39, 0.29) is 5.41 Å². The van der Waals surface area contributed by atoms with Crippen LogP contribution in [0.25, 0.3) is 0 Å². The van der Waals surface area contributed by atoms with Gasteiger partial charge in [0.05, 0.1) is 6.61 Å². The lowest BCUT2D eigenvalue weighted by Gasteiger charge is -2.36. The number of hydrogen-bond donors (Lipinski definition) is 1. The molecule has 0 amide bonds. The Morgan fingerprint density at radius 3 is 2.19 bits per heavy atom. The zero-order valence-corrected chi connectivity index (χ0v) is 12.5. The molecule has 0 saturated carbocycles. The average Bonchev–Trinajstić information content (AvgIpc) is 2.27. The molecule has 0 spiro atoms. The molecule has 0 aliphatic heterocycles. The molecular weight excluding hydrogens is 218 g/mol. The van der Waals surface area contributed by atoms with E-state index in [0.717, 1.165) is 25.4 Å². The molecule has 16 heavy (non-hydrogen) atoms. The van der Waals surface area contributed by atoms with E-state index in [0.29, 0.717) is 6.04 Å². The first kappa shape index (κ1) is 16.3. The van der Waals surface area contributed by atoms with Gasteiger partial charge in [0.25, 0.3) is 0 Å². The standard InChI is InChI=1S/C13H29NOS/c1-6-12(7-2)14(8-9-15-5)10-13(3,4)11-16/h12,16H,6-11H2,1-5H3. The van der Waals surface area contributed by atoms with Crippen LogP contribution in [0.15, 0.2) is 0 Å². The maximum Gasteiger partial charge on any atom is 0.0589 e. The smallest absolute Gasteiger partial charge is 0.0589 e. The van der Waals surface area contributed by atoms with Crippen LogP contribution in [0.2, 0.25) is 0 Å². The third kappa shape index (κ3) is 6.12. The average molecular weight is 247 g/mol. The second-order valence-electron chi connectivity index (χ2n) is 5.26. The Labute approximate surface area is 107 Å². The second kappa shape index (κ2) is 8.37. The van der Waals surface area contributed by atoms with Gasteiger partial charge in [0.15, 0.2) is 0 Å². The largest absolute Gasteiger partial charge is 0.383 e. The van der Waals surface area contributed by atoms with Crippen LogP contribution in [0, 0.1) is 5.41 Å². The summed E-state index contributed by atoms with van der Waals surface area (Å²) in [5.41, 5.74) is 0.277. The van der Waals surface area contributed by atoms with Gasteiger partial charge in [0.1, 0.15) is 0 Å². The van der Waals surface area contributed by atoms with Crippen LogP contribution in [-0.4, -0.2) is 43.5 Å². The van der Waals surface area contributed by atoms with Gasteiger partial charge in [-0.3, -0.25) is 4.90 Å². The quantitative estimate of drug-likeness (QED) is 0.629. The summed E-state index contributed by atoms with van der Waals surface area (Å²) >= 11 is 4.44. The fourth-order valence-corrected chi connectivity index (χ4v) is 2.10. The normalized spacial score (nSPS) is 12.8. The Morgan fingerprint density at radius 1 is 1.25 bits per heavy atom. The number of nitrogens with zero attached hydrogens (tertiary/aromatic N) is 1. The molecule has 0 fully saturated rings. The first-order valence-electron chi connectivity index (χ1n) is 6.34. The van der Waals surface area contributed by atoms with E-state index in [4.69, 9.17) is 4.74 Å². The second-order valence-corrected chi connectivity index (χ2v) is 5.57. The summed E-state index contributed by atoms with van der Waals surface area (Å²) in [7, 11) is 1.77. The molecule has 0 aromatic rings. The molecule has 0 aliphatic rings. The predicted molar refractivity (Wildman–Crippen MR) is 75.5 cm³/mol. The molecule has 98 valence electrons. The van der Waals surface area contributed by atoms with Crippen LogP contribution in [-0.2, 0) is 4.74 Å². The maximum absolute atomic E-state index is 5.20. The summed E-state index contributed by atoms with van der Waals surface area (Å²) in [4.78, 5) is 2.56. The van der Waals surface area contributed by atoms with Crippen molar-refractivity contribution < 1.29 is 4.74 Å². The van der Waals surface area contributed by atoms with Crippen molar-refractivity contribution in [2.45, 2.75) is 46.6 Å². The van der Waals surface area contributed by atoms with Crippen molar-refractivity contribution in [1.29, 1.82) is 0 Å². The lowest BCUT2D eigenvalue weighted by Crippen LogP contribution is -2.43. The third-order valence-corrected chi connectivity index (χ3v) is 3.96. The highest BCUT2D eigenvalue weighted by Gasteiger charge is 2.23. The first-order valence-corrected chi connectivity index (χ1v) is 6.97. The van der Waals surface area contributed by atoms with Crippen LogP contribution in [0.1, 0.15) is 40.5 Å². The topological polar surface area (TPSA) is 12.5 Å². The number of thiol groups is 1. The lowest BCUT2D eigenvalue weighted by molar-refractivity contribution is 0.0883. The molecule has 0 heterocycles. The van der Waals surface area contributed by atoms with Crippen molar-refractivity contribution in [2.75, 3.05) is 32.6 Å². The summed E-state index contributed by atoms with van der Waals surface area (Å²) in [5.74, 6) is 0.927. The molecule has 0 saturated heterocycles. The monoisotopic (exact) mass is 247 g/mol. The molecule has 0 aromatic heterocycles. The highest BCUT2D eigenvalue weighted by atomic mass is 32.1. The zero-order chi connectivity index (χ0) is 12.6. The number of rotatable bonds is 9. The van der Waals surface area contributed by atoms with Crippen LogP contribution in [0.3, 0.4) is 0 Å². The van der Waals surface area contributed by atoms with E-state index in [1.807, 2.05) is 0 Å². The van der Waals surface area contributed by atoms with Crippen LogP contribution < -0.4 is 0 Å². The van der Waals surface area contributed by atoms with Gasteiger partial charge < -0.3 is 4.74 Å². The van der Waals surface area contributed by atoms with Gasteiger partial charge in [-0.05, 0) is 24.0 Å². The molecule has 3 heteroatoms. The van der Waals surface area contributed by atoms with E-state index in [1.54, 1.807) is 7.11 Å². The van der Waals surface area contributed by atoms with E-state index in [2.05, 4.69) is 45.2 Å². The minimum atomic E-state index is 0.277. The van der Waals surface area contributed by atoms with E-state index in [1.165, 1.54) is 12.8 Å². The van der Waals surface area contributed by atoms with Gasteiger partial charge >= 0.3 is 0 Å². The van der Waals surface area contributed by atoms with Crippen molar-refractivity contribution >= 4 is 12.6 Å². The molecule has 0 aromatic carbocycles. The molecular formula is C13H29NOS. The molecule has 0 aliphatic carbocycles. The lowest BCUT2D eigenvalue weighted by atomic mass is 9.94. The summed E-state index contributed by atoms with van der Waals surface area (Å²) < 4.78 is 5.20. The molecule has 0 rings (SSSR count). The maximum atomic E-state index is 5.20. The van der Waals surface area contributed by atoms with E-state index in [9.17, 15) is 0 Å². The van der Waals surface area contributed by atoms with Crippen molar-refractivity contribution in [3.05, 3.63) is 0 Å². The molecule has 0 unspecified atom stereocenters.